The van der Waals surface area contributed by atoms with E-state index in [1.807, 2.05) is 31.2 Å². The van der Waals surface area contributed by atoms with Crippen molar-refractivity contribution in [1.82, 2.24) is 5.32 Å². The van der Waals surface area contributed by atoms with Gasteiger partial charge in [-0.05, 0) is 36.8 Å². The Hall–Kier alpha value is -2.98. The first-order chi connectivity index (χ1) is 15.4. The summed E-state index contributed by atoms with van der Waals surface area (Å²) in [4.78, 5) is 49.5. The van der Waals surface area contributed by atoms with Crippen molar-refractivity contribution in [2.75, 3.05) is 17.8 Å². The lowest BCUT2D eigenvalue weighted by Gasteiger charge is -2.25. The van der Waals surface area contributed by atoms with Crippen LogP contribution in [0.15, 0.2) is 42.5 Å². The number of carbonyl (C=O) groups is 4. The first-order valence-corrected chi connectivity index (χ1v) is 11.7. The summed E-state index contributed by atoms with van der Waals surface area (Å²) >= 11 is 2.27. The molecule has 0 spiro atoms. The van der Waals surface area contributed by atoms with Crippen LogP contribution in [0.2, 0.25) is 0 Å². The zero-order valence-corrected chi connectivity index (χ0v) is 19.0. The average molecular weight is 473 g/mol. The first kappa shape index (κ1) is 22.2. The number of hydrogen-bond acceptors (Lipinski definition) is 8. The van der Waals surface area contributed by atoms with Gasteiger partial charge >= 0.3 is 5.97 Å². The number of carbonyl (C=O) groups excluding carboxylic acids is 4. The molecule has 1 N–H and O–H groups in total. The highest BCUT2D eigenvalue weighted by Gasteiger charge is 2.36. The zero-order valence-electron chi connectivity index (χ0n) is 17.3. The third-order valence-corrected chi connectivity index (χ3v) is 7.19. The van der Waals surface area contributed by atoms with Gasteiger partial charge in [-0.1, -0.05) is 35.5 Å². The lowest BCUT2D eigenvalue weighted by molar-refractivity contribution is -0.136. The standard InChI is InChI=1S/C22H20N2O6S2/c1-12-3-6-14(7-4-12)24-18(25)11-31-21(24)13-5-8-15(16(9-13)29-2)30-19(26)10-17-20(27)23-22(28)32-17/h3-9,17,21H,10-11H2,1-2H3,(H,23,27,28)/t17-,21+/m0/s1. The predicted molar refractivity (Wildman–Crippen MR) is 122 cm³/mol. The van der Waals surface area contributed by atoms with Crippen LogP contribution in [0.5, 0.6) is 11.5 Å². The van der Waals surface area contributed by atoms with Crippen molar-refractivity contribution in [3.63, 3.8) is 0 Å². The Bertz CT molecular complexity index is 1090. The van der Waals surface area contributed by atoms with Gasteiger partial charge in [0.1, 0.15) is 10.6 Å². The molecule has 3 amide bonds. The van der Waals surface area contributed by atoms with Gasteiger partial charge in [-0.3, -0.25) is 29.4 Å². The summed E-state index contributed by atoms with van der Waals surface area (Å²) in [7, 11) is 1.46. The Labute approximate surface area is 193 Å². The first-order valence-electron chi connectivity index (χ1n) is 9.76. The molecule has 32 heavy (non-hydrogen) atoms. The fraction of sp³-hybridized carbons (Fsp3) is 0.273. The fourth-order valence-electron chi connectivity index (χ4n) is 3.42. The topological polar surface area (TPSA) is 102 Å². The molecular weight excluding hydrogens is 452 g/mol. The summed E-state index contributed by atoms with van der Waals surface area (Å²) < 4.78 is 10.8. The third kappa shape index (κ3) is 4.61. The van der Waals surface area contributed by atoms with Crippen molar-refractivity contribution in [2.24, 2.45) is 0 Å². The van der Waals surface area contributed by atoms with E-state index < -0.39 is 22.4 Å². The van der Waals surface area contributed by atoms with Crippen LogP contribution in [0.3, 0.4) is 0 Å². The molecule has 2 aliphatic heterocycles. The van der Waals surface area contributed by atoms with E-state index in [0.29, 0.717) is 11.5 Å². The molecular formula is C22H20N2O6S2. The van der Waals surface area contributed by atoms with Crippen molar-refractivity contribution in [3.05, 3.63) is 53.6 Å². The molecule has 2 aromatic carbocycles. The third-order valence-electron chi connectivity index (χ3n) is 5.00. The number of nitrogens with zero attached hydrogens (tertiary/aromatic N) is 1. The van der Waals surface area contributed by atoms with E-state index in [0.717, 1.165) is 28.6 Å². The maximum Gasteiger partial charge on any atom is 0.312 e. The van der Waals surface area contributed by atoms with Gasteiger partial charge in [0.15, 0.2) is 11.5 Å². The molecule has 0 radical (unpaired) electrons. The van der Waals surface area contributed by atoms with E-state index in [1.54, 1.807) is 23.1 Å². The van der Waals surface area contributed by atoms with Crippen LogP contribution in [0.25, 0.3) is 0 Å². The number of anilines is 1. The van der Waals surface area contributed by atoms with Gasteiger partial charge in [0, 0.05) is 5.69 Å². The molecule has 2 aromatic rings. The van der Waals surface area contributed by atoms with Gasteiger partial charge in [0.05, 0.1) is 19.3 Å². The van der Waals surface area contributed by atoms with Crippen molar-refractivity contribution in [2.45, 2.75) is 24.0 Å². The summed E-state index contributed by atoms with van der Waals surface area (Å²) in [6.45, 7) is 1.99. The Kier molecular flexibility index (Phi) is 6.43. The largest absolute Gasteiger partial charge is 0.493 e. The average Bonchev–Trinajstić information content (AvgIpc) is 3.30. The highest BCUT2D eigenvalue weighted by atomic mass is 32.2. The molecule has 0 saturated carbocycles. The monoisotopic (exact) mass is 472 g/mol. The highest BCUT2D eigenvalue weighted by molar-refractivity contribution is 8.15. The van der Waals surface area contributed by atoms with Crippen LogP contribution in [0.1, 0.15) is 22.9 Å². The van der Waals surface area contributed by atoms with Crippen molar-refractivity contribution < 1.29 is 28.7 Å². The number of imide groups is 1. The fourth-order valence-corrected chi connectivity index (χ4v) is 5.39. The highest BCUT2D eigenvalue weighted by Crippen LogP contribution is 2.44. The van der Waals surface area contributed by atoms with Crippen LogP contribution in [0.4, 0.5) is 10.5 Å². The number of benzene rings is 2. The Morgan fingerprint density at radius 2 is 1.88 bits per heavy atom. The SMILES string of the molecule is COc1cc([C@H]2SCC(=O)N2c2ccc(C)cc2)ccc1OC(=O)C[C@@H]1SC(=O)NC1=O. The van der Waals surface area contributed by atoms with Gasteiger partial charge in [-0.2, -0.15) is 0 Å². The number of thioether (sulfide) groups is 2. The Morgan fingerprint density at radius 1 is 1.12 bits per heavy atom. The minimum absolute atomic E-state index is 0.0141. The number of rotatable bonds is 6. The summed E-state index contributed by atoms with van der Waals surface area (Å²) in [6, 6.07) is 12.9. The summed E-state index contributed by atoms with van der Waals surface area (Å²) in [6.07, 6.45) is -0.235. The lowest BCUT2D eigenvalue weighted by atomic mass is 10.1. The van der Waals surface area contributed by atoms with E-state index in [-0.39, 0.29) is 23.5 Å². The Balaban J connectivity index is 1.52. The molecule has 2 heterocycles. The van der Waals surface area contributed by atoms with Gasteiger partial charge < -0.3 is 9.47 Å². The van der Waals surface area contributed by atoms with Crippen LogP contribution < -0.4 is 19.7 Å². The van der Waals surface area contributed by atoms with Gasteiger partial charge in [-0.25, -0.2) is 0 Å². The molecule has 8 nitrogen and oxygen atoms in total. The second-order valence-electron chi connectivity index (χ2n) is 7.23. The van der Waals surface area contributed by atoms with E-state index >= 15 is 0 Å². The van der Waals surface area contributed by atoms with Crippen molar-refractivity contribution in [1.29, 1.82) is 0 Å². The van der Waals surface area contributed by atoms with Gasteiger partial charge in [0.25, 0.3) is 5.24 Å². The van der Waals surface area contributed by atoms with E-state index in [9.17, 15) is 19.2 Å². The lowest BCUT2D eigenvalue weighted by Crippen LogP contribution is -2.28. The minimum atomic E-state index is -0.802. The Morgan fingerprint density at radius 3 is 2.53 bits per heavy atom. The molecule has 2 atom stereocenters. The van der Waals surface area contributed by atoms with Gasteiger partial charge in [-0.15, -0.1) is 11.8 Å². The van der Waals surface area contributed by atoms with Crippen LogP contribution in [-0.4, -0.2) is 41.1 Å². The number of esters is 1. The predicted octanol–water partition coefficient (Wildman–Crippen LogP) is 3.43. The molecule has 0 aliphatic carbocycles. The summed E-state index contributed by atoms with van der Waals surface area (Å²) in [5.41, 5.74) is 2.75. The molecule has 2 aliphatic rings. The molecule has 10 heteroatoms. The van der Waals surface area contributed by atoms with Crippen molar-refractivity contribution >= 4 is 52.2 Å². The van der Waals surface area contributed by atoms with Crippen LogP contribution in [-0.2, 0) is 14.4 Å². The number of amides is 3. The molecule has 2 saturated heterocycles. The molecule has 0 aromatic heterocycles. The van der Waals surface area contributed by atoms with Crippen LogP contribution in [0, 0.1) is 6.92 Å². The second-order valence-corrected chi connectivity index (χ2v) is 9.48. The molecule has 4 rings (SSSR count). The maximum atomic E-state index is 12.6. The number of methoxy groups -OCH3 is 1. The number of nitrogens with one attached hydrogen (secondary N) is 1. The molecule has 0 unspecified atom stereocenters. The maximum absolute atomic E-state index is 12.6. The van der Waals surface area contributed by atoms with E-state index in [4.69, 9.17) is 9.47 Å². The number of aryl methyl sites for hydroxylation is 1. The van der Waals surface area contributed by atoms with Gasteiger partial charge in [0.2, 0.25) is 11.8 Å². The van der Waals surface area contributed by atoms with E-state index in [2.05, 4.69) is 5.32 Å². The number of ether oxygens (including phenoxy) is 2. The minimum Gasteiger partial charge on any atom is -0.493 e. The molecule has 2 fully saturated rings. The number of hydrogen-bond donors (Lipinski definition) is 1. The quantitative estimate of drug-likeness (QED) is 0.504. The van der Waals surface area contributed by atoms with E-state index in [1.165, 1.54) is 18.9 Å². The van der Waals surface area contributed by atoms with Crippen LogP contribution >= 0.6 is 23.5 Å². The summed E-state index contributed by atoms with van der Waals surface area (Å²) in [5, 5.41) is 0.620. The molecule has 0 bridgehead atoms. The zero-order chi connectivity index (χ0) is 22.8. The smallest absolute Gasteiger partial charge is 0.312 e. The normalized spacial score (nSPS) is 20.4. The molecule has 166 valence electrons. The summed E-state index contributed by atoms with van der Waals surface area (Å²) in [5.74, 6) is -0.243. The second kappa shape index (κ2) is 9.25. The van der Waals surface area contributed by atoms with Crippen molar-refractivity contribution in [3.8, 4) is 11.5 Å².